The Bertz CT molecular complexity index is 561. The van der Waals surface area contributed by atoms with E-state index in [9.17, 15) is 0 Å². The van der Waals surface area contributed by atoms with Crippen molar-refractivity contribution in [2.24, 2.45) is 5.73 Å². The molecule has 4 heteroatoms. The van der Waals surface area contributed by atoms with Crippen LogP contribution in [0.25, 0.3) is 10.4 Å². The van der Waals surface area contributed by atoms with Crippen LogP contribution >= 0.6 is 27.3 Å². The maximum absolute atomic E-state index is 5.63. The van der Waals surface area contributed by atoms with Crippen molar-refractivity contribution in [2.75, 3.05) is 0 Å². The molecule has 0 saturated heterocycles. The molecule has 0 fully saturated rings. The Morgan fingerprint density at radius 1 is 1.24 bits per heavy atom. The highest BCUT2D eigenvalue weighted by atomic mass is 79.9. The minimum absolute atomic E-state index is 0.493. The van der Waals surface area contributed by atoms with Crippen molar-refractivity contribution in [3.63, 3.8) is 0 Å². The van der Waals surface area contributed by atoms with Gasteiger partial charge in [-0.25, -0.2) is 4.98 Å². The van der Waals surface area contributed by atoms with Crippen LogP contribution in [0.3, 0.4) is 0 Å². The summed E-state index contributed by atoms with van der Waals surface area (Å²) >= 11 is 5.17. The van der Waals surface area contributed by atoms with Gasteiger partial charge in [-0.1, -0.05) is 12.1 Å². The van der Waals surface area contributed by atoms with Crippen LogP contribution < -0.4 is 5.73 Å². The normalized spacial score (nSPS) is 10.9. The van der Waals surface area contributed by atoms with Gasteiger partial charge < -0.3 is 5.73 Å². The van der Waals surface area contributed by atoms with Gasteiger partial charge in [-0.15, -0.1) is 11.3 Å². The summed E-state index contributed by atoms with van der Waals surface area (Å²) in [5.41, 5.74) is 10.9. The van der Waals surface area contributed by atoms with Gasteiger partial charge in [-0.2, -0.15) is 0 Å². The van der Waals surface area contributed by atoms with Gasteiger partial charge in [-0.3, -0.25) is 0 Å². The highest BCUT2D eigenvalue weighted by molar-refractivity contribution is 9.10. The van der Waals surface area contributed by atoms with Crippen molar-refractivity contribution >= 4 is 27.3 Å². The number of nitrogens with two attached hydrogens (primary N) is 1. The van der Waals surface area contributed by atoms with E-state index >= 15 is 0 Å². The first kappa shape index (κ1) is 12.7. The topological polar surface area (TPSA) is 38.9 Å². The van der Waals surface area contributed by atoms with Crippen molar-refractivity contribution in [2.45, 2.75) is 27.3 Å². The lowest BCUT2D eigenvalue weighted by Gasteiger charge is -2.09. The van der Waals surface area contributed by atoms with Crippen LogP contribution in [0.5, 0.6) is 0 Å². The molecule has 0 aliphatic rings. The molecule has 17 heavy (non-hydrogen) atoms. The molecule has 90 valence electrons. The minimum Gasteiger partial charge on any atom is -0.325 e. The van der Waals surface area contributed by atoms with Gasteiger partial charge in [0, 0.05) is 6.54 Å². The van der Waals surface area contributed by atoms with E-state index in [4.69, 9.17) is 5.73 Å². The van der Waals surface area contributed by atoms with E-state index in [0.29, 0.717) is 6.54 Å². The van der Waals surface area contributed by atoms with Crippen LogP contribution in [0.15, 0.2) is 16.7 Å². The molecule has 0 unspecified atom stereocenters. The Morgan fingerprint density at radius 3 is 2.53 bits per heavy atom. The molecular weight excluding hydrogens is 296 g/mol. The molecule has 0 aliphatic carbocycles. The predicted molar refractivity (Wildman–Crippen MR) is 77.4 cm³/mol. The highest BCUT2D eigenvalue weighted by Gasteiger charge is 2.13. The number of benzene rings is 1. The third-order valence-electron chi connectivity index (χ3n) is 3.11. The third kappa shape index (κ3) is 2.30. The van der Waals surface area contributed by atoms with E-state index in [-0.39, 0.29) is 0 Å². The molecule has 1 aromatic carbocycles. The molecule has 0 saturated carbocycles. The lowest BCUT2D eigenvalue weighted by molar-refractivity contribution is 1.03. The van der Waals surface area contributed by atoms with Gasteiger partial charge in [0.2, 0.25) is 0 Å². The van der Waals surface area contributed by atoms with Crippen LogP contribution in [0.2, 0.25) is 0 Å². The fraction of sp³-hybridized carbons (Fsp3) is 0.308. The molecule has 2 aromatic rings. The number of hydrogen-bond acceptors (Lipinski definition) is 3. The van der Waals surface area contributed by atoms with Crippen molar-refractivity contribution in [3.05, 3.63) is 38.4 Å². The number of rotatable bonds is 2. The summed E-state index contributed by atoms with van der Waals surface area (Å²) in [5.74, 6) is 0. The minimum atomic E-state index is 0.493. The largest absolute Gasteiger partial charge is 0.325 e. The van der Waals surface area contributed by atoms with Gasteiger partial charge in [0.1, 0.15) is 9.61 Å². The van der Waals surface area contributed by atoms with Gasteiger partial charge in [0.25, 0.3) is 0 Å². The Kier molecular flexibility index (Phi) is 3.66. The lowest BCUT2D eigenvalue weighted by atomic mass is 9.98. The molecule has 2 rings (SSSR count). The van der Waals surface area contributed by atoms with Crippen LogP contribution in [-0.4, -0.2) is 4.98 Å². The summed E-state index contributed by atoms with van der Waals surface area (Å²) in [6.45, 7) is 6.95. The molecule has 0 spiro atoms. The number of hydrogen-bond donors (Lipinski definition) is 1. The molecule has 0 radical (unpaired) electrons. The summed E-state index contributed by atoms with van der Waals surface area (Å²) in [5, 5.41) is 0.963. The first-order valence-corrected chi connectivity index (χ1v) is 7.08. The Labute approximate surface area is 114 Å². The maximum Gasteiger partial charge on any atom is 0.125 e. The van der Waals surface area contributed by atoms with Gasteiger partial charge >= 0.3 is 0 Å². The van der Waals surface area contributed by atoms with Crippen LogP contribution in [0, 0.1) is 20.8 Å². The molecule has 1 heterocycles. The molecule has 0 atom stereocenters. The van der Waals surface area contributed by atoms with Crippen molar-refractivity contribution in [1.29, 1.82) is 0 Å². The fourth-order valence-electron chi connectivity index (χ4n) is 1.80. The molecule has 0 amide bonds. The fourth-order valence-corrected chi connectivity index (χ4v) is 3.50. The molecule has 2 nitrogen and oxygen atoms in total. The zero-order valence-corrected chi connectivity index (χ0v) is 12.6. The van der Waals surface area contributed by atoms with Gasteiger partial charge in [0.15, 0.2) is 0 Å². The summed E-state index contributed by atoms with van der Waals surface area (Å²) in [4.78, 5) is 5.58. The van der Waals surface area contributed by atoms with Crippen LogP contribution in [-0.2, 0) is 6.54 Å². The number of aromatic nitrogens is 1. The number of aryl methyl sites for hydroxylation is 1. The smallest absolute Gasteiger partial charge is 0.125 e. The summed E-state index contributed by atoms with van der Waals surface area (Å²) < 4.78 is 0.898. The number of thiazole rings is 1. The Morgan fingerprint density at radius 2 is 1.94 bits per heavy atom. The van der Waals surface area contributed by atoms with Crippen molar-refractivity contribution in [1.82, 2.24) is 4.98 Å². The summed E-state index contributed by atoms with van der Waals surface area (Å²) in [6, 6.07) is 4.32. The Balaban J connectivity index is 2.60. The standard InChI is InChI=1S/C13H15BrN2S/c1-7-4-5-10(9(3)8(7)2)12-13(14)16-11(6-15)17-12/h4-5H,6,15H2,1-3H3. The van der Waals surface area contributed by atoms with E-state index in [1.807, 2.05) is 0 Å². The molecule has 0 bridgehead atoms. The molecule has 1 aromatic heterocycles. The third-order valence-corrected chi connectivity index (χ3v) is 5.05. The second-order valence-electron chi connectivity index (χ2n) is 4.11. The quantitative estimate of drug-likeness (QED) is 0.912. The average molecular weight is 311 g/mol. The molecule has 2 N–H and O–H groups in total. The SMILES string of the molecule is Cc1ccc(-c2sc(CN)nc2Br)c(C)c1C. The summed E-state index contributed by atoms with van der Waals surface area (Å²) in [6.07, 6.45) is 0. The monoisotopic (exact) mass is 310 g/mol. The number of nitrogens with zero attached hydrogens (tertiary/aromatic N) is 1. The van der Waals surface area contributed by atoms with E-state index in [1.54, 1.807) is 11.3 Å². The van der Waals surface area contributed by atoms with Gasteiger partial charge in [-0.05, 0) is 59.0 Å². The maximum atomic E-state index is 5.63. The zero-order chi connectivity index (χ0) is 12.6. The van der Waals surface area contributed by atoms with Crippen LogP contribution in [0.1, 0.15) is 21.7 Å². The first-order valence-electron chi connectivity index (χ1n) is 5.47. The Hall–Kier alpha value is -0.710. The molecular formula is C13H15BrN2S. The number of halogens is 1. The molecule has 0 aliphatic heterocycles. The highest BCUT2D eigenvalue weighted by Crippen LogP contribution is 2.37. The van der Waals surface area contributed by atoms with Gasteiger partial charge in [0.05, 0.1) is 4.88 Å². The van der Waals surface area contributed by atoms with E-state index in [1.165, 1.54) is 27.1 Å². The van der Waals surface area contributed by atoms with E-state index in [2.05, 4.69) is 53.8 Å². The van der Waals surface area contributed by atoms with Crippen molar-refractivity contribution < 1.29 is 0 Å². The van der Waals surface area contributed by atoms with Crippen molar-refractivity contribution in [3.8, 4) is 10.4 Å². The first-order chi connectivity index (χ1) is 8.04. The lowest BCUT2D eigenvalue weighted by Crippen LogP contribution is -1.93. The van der Waals surface area contributed by atoms with E-state index in [0.717, 1.165) is 9.61 Å². The van der Waals surface area contributed by atoms with E-state index < -0.39 is 0 Å². The second kappa shape index (κ2) is 4.88. The zero-order valence-electron chi connectivity index (χ0n) is 10.2. The predicted octanol–water partition coefficient (Wildman–Crippen LogP) is 3.96. The average Bonchev–Trinajstić information content (AvgIpc) is 2.68. The van der Waals surface area contributed by atoms with Crippen LogP contribution in [0.4, 0.5) is 0 Å². The second-order valence-corrected chi connectivity index (χ2v) is 5.95. The summed E-state index contributed by atoms with van der Waals surface area (Å²) in [7, 11) is 0.